The van der Waals surface area contributed by atoms with Gasteiger partial charge in [-0.3, -0.25) is 13.4 Å². The van der Waals surface area contributed by atoms with Gasteiger partial charge in [0.05, 0.1) is 22.6 Å². The highest BCUT2D eigenvalue weighted by molar-refractivity contribution is 7.94. The third-order valence-electron chi connectivity index (χ3n) is 4.49. The highest BCUT2D eigenvalue weighted by Crippen LogP contribution is 2.42. The van der Waals surface area contributed by atoms with E-state index >= 15 is 0 Å². The van der Waals surface area contributed by atoms with Gasteiger partial charge in [0.15, 0.2) is 11.5 Å². The van der Waals surface area contributed by atoms with E-state index in [0.717, 1.165) is 14.7 Å². The number of carbonyl (C=O) groups excluding carboxylic acids is 1. The number of nitrogens with zero attached hydrogens (tertiary/aromatic N) is 2. The zero-order valence-electron chi connectivity index (χ0n) is 14.5. The molecule has 0 aromatic heterocycles. The molecule has 2 heterocycles. The minimum atomic E-state index is -3.74. The molecule has 2 aromatic carbocycles. The van der Waals surface area contributed by atoms with Gasteiger partial charge < -0.3 is 14.8 Å². The fraction of sp³-hybridized carbons (Fsp3) is 0.235. The molecule has 0 bridgehead atoms. The summed E-state index contributed by atoms with van der Waals surface area (Å²) in [5.41, 5.74) is 0.529. The number of anilines is 3. The van der Waals surface area contributed by atoms with E-state index in [-0.39, 0.29) is 22.6 Å². The third-order valence-corrected chi connectivity index (χ3v) is 6.27. The lowest BCUT2D eigenvalue weighted by atomic mass is 10.1. The zero-order chi connectivity index (χ0) is 19.3. The molecule has 8 nitrogen and oxygen atoms in total. The Labute approximate surface area is 155 Å². The van der Waals surface area contributed by atoms with E-state index in [2.05, 4.69) is 5.32 Å². The first kappa shape index (κ1) is 17.4. The Morgan fingerprint density at radius 1 is 1.11 bits per heavy atom. The molecule has 0 fully saturated rings. The molecule has 1 amide bonds. The Hall–Kier alpha value is -3.01. The fourth-order valence-electron chi connectivity index (χ4n) is 3.03. The maximum Gasteiger partial charge on any atom is 0.326 e. The van der Waals surface area contributed by atoms with Crippen LogP contribution in [0.1, 0.15) is 10.4 Å². The van der Waals surface area contributed by atoms with E-state index in [0.29, 0.717) is 24.7 Å². The van der Waals surface area contributed by atoms with Crippen molar-refractivity contribution < 1.29 is 27.1 Å². The molecular weight excluding hydrogens is 377 g/mol. The number of para-hydroxylation sites is 1. The van der Waals surface area contributed by atoms with Gasteiger partial charge in [0.2, 0.25) is 0 Å². The lowest BCUT2D eigenvalue weighted by Gasteiger charge is -2.20. The number of carbonyl (C=O) groups is 1. The molecule has 0 unspecified atom stereocenters. The fourth-order valence-corrected chi connectivity index (χ4v) is 4.18. The van der Waals surface area contributed by atoms with Crippen LogP contribution < -0.4 is 23.4 Å². The summed E-state index contributed by atoms with van der Waals surface area (Å²) in [4.78, 5) is 12.7. The van der Waals surface area contributed by atoms with E-state index in [1.54, 1.807) is 18.2 Å². The van der Waals surface area contributed by atoms with Crippen molar-refractivity contribution in [2.45, 2.75) is 0 Å². The minimum absolute atomic E-state index is 0.134. The van der Waals surface area contributed by atoms with Crippen molar-refractivity contribution in [2.75, 3.05) is 41.2 Å². The number of ether oxygens (including phenoxy) is 2. The summed E-state index contributed by atoms with van der Waals surface area (Å²) in [6, 6.07) is 7.22. The summed E-state index contributed by atoms with van der Waals surface area (Å²) in [5, 5.41) is 2.48. The average Bonchev–Trinajstić information content (AvgIpc) is 2.82. The lowest BCUT2D eigenvalue weighted by molar-refractivity contribution is 0.101. The van der Waals surface area contributed by atoms with Gasteiger partial charge in [-0.15, -0.1) is 0 Å². The maximum atomic E-state index is 14.5. The topological polar surface area (TPSA) is 88.2 Å². The van der Waals surface area contributed by atoms with E-state index in [4.69, 9.17) is 9.47 Å². The number of amides is 1. The quantitative estimate of drug-likeness (QED) is 0.843. The molecule has 0 saturated carbocycles. The summed E-state index contributed by atoms with van der Waals surface area (Å²) in [6.45, 7) is 0.686. The highest BCUT2D eigenvalue weighted by atomic mass is 32.2. The Morgan fingerprint density at radius 3 is 2.52 bits per heavy atom. The van der Waals surface area contributed by atoms with Gasteiger partial charge in [0, 0.05) is 20.2 Å². The van der Waals surface area contributed by atoms with Gasteiger partial charge in [-0.2, -0.15) is 8.42 Å². The highest BCUT2D eigenvalue weighted by Gasteiger charge is 2.36. The summed E-state index contributed by atoms with van der Waals surface area (Å²) in [6.07, 6.45) is 0. The molecule has 4 rings (SSSR count). The second kappa shape index (κ2) is 6.02. The summed E-state index contributed by atoms with van der Waals surface area (Å²) in [5.74, 6) is -0.604. The predicted molar refractivity (Wildman–Crippen MR) is 97.5 cm³/mol. The number of halogens is 1. The number of hydrogen-bond donors (Lipinski definition) is 1. The third kappa shape index (κ3) is 2.64. The first-order valence-corrected chi connectivity index (χ1v) is 9.46. The standard InChI is InChI=1S/C17H16FN3O5S/c1-20-13-8-11(18)12(9-14(13)21(2)27(20,23)24)19-17(22)10-4-3-5-15-16(10)26-7-6-25-15/h3-5,8-9H,6-7H2,1-2H3,(H,19,22). The summed E-state index contributed by atoms with van der Waals surface area (Å²) in [7, 11) is -1.04. The Balaban J connectivity index is 1.69. The molecule has 1 N–H and O–H groups in total. The molecule has 0 spiro atoms. The van der Waals surface area contributed by atoms with Crippen LogP contribution >= 0.6 is 0 Å². The predicted octanol–water partition coefficient (Wildman–Crippen LogP) is 1.98. The first-order valence-electron chi connectivity index (χ1n) is 8.07. The Morgan fingerprint density at radius 2 is 1.78 bits per heavy atom. The number of rotatable bonds is 2. The second-order valence-corrected chi connectivity index (χ2v) is 8.04. The van der Waals surface area contributed by atoms with Crippen LogP contribution in [0.3, 0.4) is 0 Å². The smallest absolute Gasteiger partial charge is 0.326 e. The van der Waals surface area contributed by atoms with Gasteiger partial charge in [-0.25, -0.2) is 4.39 Å². The van der Waals surface area contributed by atoms with Crippen LogP contribution in [-0.4, -0.2) is 41.6 Å². The largest absolute Gasteiger partial charge is 0.486 e. The Kier molecular flexibility index (Phi) is 3.88. The molecule has 0 atom stereocenters. The molecule has 27 heavy (non-hydrogen) atoms. The van der Waals surface area contributed by atoms with Gasteiger partial charge in [-0.1, -0.05) is 6.07 Å². The molecule has 0 saturated heterocycles. The molecule has 2 aliphatic heterocycles. The zero-order valence-corrected chi connectivity index (χ0v) is 15.3. The molecule has 142 valence electrons. The van der Waals surface area contributed by atoms with Crippen molar-refractivity contribution >= 4 is 33.2 Å². The second-order valence-electron chi connectivity index (χ2n) is 6.05. The average molecular weight is 393 g/mol. The molecule has 2 aliphatic rings. The van der Waals surface area contributed by atoms with Gasteiger partial charge in [0.25, 0.3) is 5.91 Å². The van der Waals surface area contributed by atoms with Crippen molar-refractivity contribution in [3.05, 3.63) is 41.7 Å². The Bertz CT molecular complexity index is 1060. The van der Waals surface area contributed by atoms with Gasteiger partial charge in [-0.05, 0) is 18.2 Å². The van der Waals surface area contributed by atoms with Crippen molar-refractivity contribution in [3.8, 4) is 11.5 Å². The monoisotopic (exact) mass is 393 g/mol. The van der Waals surface area contributed by atoms with Crippen LogP contribution in [-0.2, 0) is 10.2 Å². The van der Waals surface area contributed by atoms with Crippen molar-refractivity contribution in [1.29, 1.82) is 0 Å². The van der Waals surface area contributed by atoms with Crippen LogP contribution in [0.2, 0.25) is 0 Å². The summed E-state index contributed by atoms with van der Waals surface area (Å²) < 4.78 is 51.8. The van der Waals surface area contributed by atoms with Crippen molar-refractivity contribution in [2.24, 2.45) is 0 Å². The molecular formula is C17H16FN3O5S. The lowest BCUT2D eigenvalue weighted by Crippen LogP contribution is -2.32. The minimum Gasteiger partial charge on any atom is -0.486 e. The van der Waals surface area contributed by atoms with E-state index < -0.39 is 21.9 Å². The van der Waals surface area contributed by atoms with Crippen LogP contribution in [0.4, 0.5) is 21.5 Å². The molecule has 10 heteroatoms. The first-order chi connectivity index (χ1) is 12.8. The van der Waals surface area contributed by atoms with Gasteiger partial charge in [0.1, 0.15) is 19.0 Å². The van der Waals surface area contributed by atoms with Crippen LogP contribution in [0.25, 0.3) is 0 Å². The van der Waals surface area contributed by atoms with Crippen molar-refractivity contribution in [1.82, 2.24) is 0 Å². The SMILES string of the molecule is CN1c2cc(F)c(NC(=O)c3cccc4c3OCCO4)cc2N(C)S1(=O)=O. The number of fused-ring (bicyclic) bond motifs is 2. The molecule has 0 aliphatic carbocycles. The number of benzene rings is 2. The normalized spacial score (nSPS) is 16.9. The van der Waals surface area contributed by atoms with E-state index in [1.165, 1.54) is 20.2 Å². The van der Waals surface area contributed by atoms with Crippen LogP contribution in [0.5, 0.6) is 11.5 Å². The van der Waals surface area contributed by atoms with Crippen molar-refractivity contribution in [3.63, 3.8) is 0 Å². The van der Waals surface area contributed by atoms with E-state index in [9.17, 15) is 17.6 Å². The maximum absolute atomic E-state index is 14.5. The number of nitrogens with one attached hydrogen (secondary N) is 1. The molecule has 0 radical (unpaired) electrons. The summed E-state index contributed by atoms with van der Waals surface area (Å²) >= 11 is 0. The van der Waals surface area contributed by atoms with E-state index in [1.807, 2.05) is 0 Å². The van der Waals surface area contributed by atoms with Crippen LogP contribution in [0.15, 0.2) is 30.3 Å². The van der Waals surface area contributed by atoms with Gasteiger partial charge >= 0.3 is 10.2 Å². The molecule has 2 aromatic rings. The number of hydrogen-bond acceptors (Lipinski definition) is 5. The van der Waals surface area contributed by atoms with Crippen LogP contribution in [0, 0.1) is 5.82 Å².